The molecule has 2 fully saturated rings. The molecule has 1 aliphatic heterocycles. The number of nitrogens with one attached hydrogen (secondary N) is 1. The van der Waals surface area contributed by atoms with E-state index in [1.54, 1.807) is 42.3 Å². The van der Waals surface area contributed by atoms with Crippen molar-refractivity contribution in [1.29, 1.82) is 5.26 Å². The Balaban J connectivity index is 1.55. The first-order chi connectivity index (χ1) is 16.7. The van der Waals surface area contributed by atoms with E-state index in [0.29, 0.717) is 5.75 Å². The summed E-state index contributed by atoms with van der Waals surface area (Å²) < 4.78 is 45.5. The second-order valence-electron chi connectivity index (χ2n) is 8.70. The van der Waals surface area contributed by atoms with Crippen molar-refractivity contribution in [2.75, 3.05) is 31.6 Å². The van der Waals surface area contributed by atoms with Gasteiger partial charge < -0.3 is 19.9 Å². The topological polar surface area (TPSA) is 85.7 Å². The van der Waals surface area contributed by atoms with Crippen LogP contribution < -0.4 is 15.0 Å². The van der Waals surface area contributed by atoms with Gasteiger partial charge in [-0.05, 0) is 48.7 Å². The summed E-state index contributed by atoms with van der Waals surface area (Å²) in [5.74, 6) is 0.115. The Hall–Kier alpha value is -3.74. The zero-order valence-corrected chi connectivity index (χ0v) is 19.1. The summed E-state index contributed by atoms with van der Waals surface area (Å²) >= 11 is 0. The van der Waals surface area contributed by atoms with Gasteiger partial charge in [0.15, 0.2) is 0 Å². The van der Waals surface area contributed by atoms with Crippen LogP contribution in [0.3, 0.4) is 0 Å². The quantitative estimate of drug-likeness (QED) is 0.678. The first kappa shape index (κ1) is 24.4. The first-order valence-corrected chi connectivity index (χ1v) is 11.3. The minimum Gasteiger partial charge on any atom is -0.497 e. The average Bonchev–Trinajstić information content (AvgIpc) is 3.67. The fourth-order valence-corrected chi connectivity index (χ4v) is 4.15. The van der Waals surface area contributed by atoms with E-state index in [1.165, 1.54) is 11.0 Å². The fourth-order valence-electron chi connectivity index (χ4n) is 4.15. The van der Waals surface area contributed by atoms with Gasteiger partial charge in [0, 0.05) is 31.4 Å². The smallest absolute Gasteiger partial charge is 0.417 e. The Bertz CT molecular complexity index is 1140. The summed E-state index contributed by atoms with van der Waals surface area (Å²) in [6.07, 6.45) is -2.86. The second-order valence-corrected chi connectivity index (χ2v) is 8.70. The Morgan fingerprint density at radius 2 is 1.86 bits per heavy atom. The average molecular weight is 486 g/mol. The van der Waals surface area contributed by atoms with E-state index in [0.717, 1.165) is 30.5 Å². The van der Waals surface area contributed by atoms with Gasteiger partial charge >= 0.3 is 6.18 Å². The van der Waals surface area contributed by atoms with Crippen LogP contribution in [0.1, 0.15) is 29.5 Å². The summed E-state index contributed by atoms with van der Waals surface area (Å²) in [7, 11) is 1.55. The number of piperazine rings is 1. The number of benzene rings is 2. The predicted octanol–water partition coefficient (Wildman–Crippen LogP) is 3.12. The maximum absolute atomic E-state index is 13.5. The van der Waals surface area contributed by atoms with Crippen LogP contribution in [0.15, 0.2) is 42.5 Å². The number of hydrogen-bond donors (Lipinski definition) is 1. The molecule has 2 aromatic carbocycles. The van der Waals surface area contributed by atoms with E-state index < -0.39 is 23.3 Å². The van der Waals surface area contributed by atoms with E-state index in [4.69, 9.17) is 10.00 Å². The van der Waals surface area contributed by atoms with Gasteiger partial charge in [-0.3, -0.25) is 9.59 Å². The van der Waals surface area contributed by atoms with E-state index in [1.807, 2.05) is 0 Å². The molecule has 4 rings (SSSR count). The third-order valence-electron chi connectivity index (χ3n) is 6.24. The maximum Gasteiger partial charge on any atom is 0.417 e. The van der Waals surface area contributed by atoms with Crippen LogP contribution in [0.5, 0.6) is 5.75 Å². The number of halogens is 3. The van der Waals surface area contributed by atoms with Gasteiger partial charge in [0.1, 0.15) is 11.8 Å². The van der Waals surface area contributed by atoms with Crippen molar-refractivity contribution in [3.63, 3.8) is 0 Å². The minimum absolute atomic E-state index is 0.0517. The SMILES string of the molecule is COc1ccc(CC(=O)N2CCN(c3ccc(C#N)c(C(F)(F)F)c3)CC2C(=O)NC2CC2)cc1. The van der Waals surface area contributed by atoms with Crippen molar-refractivity contribution in [2.45, 2.75) is 37.5 Å². The highest BCUT2D eigenvalue weighted by Crippen LogP contribution is 2.35. The molecule has 2 aromatic rings. The summed E-state index contributed by atoms with van der Waals surface area (Å²) in [5, 5.41) is 12.0. The lowest BCUT2D eigenvalue weighted by molar-refractivity contribution is -0.140. The number of nitrogens with zero attached hydrogens (tertiary/aromatic N) is 3. The molecule has 10 heteroatoms. The molecule has 0 aromatic heterocycles. The number of nitriles is 1. The highest BCUT2D eigenvalue weighted by Gasteiger charge is 2.39. The Morgan fingerprint density at radius 3 is 2.46 bits per heavy atom. The molecule has 2 amide bonds. The minimum atomic E-state index is -4.68. The Morgan fingerprint density at radius 1 is 1.14 bits per heavy atom. The van der Waals surface area contributed by atoms with E-state index >= 15 is 0 Å². The van der Waals surface area contributed by atoms with Crippen LogP contribution in [0, 0.1) is 11.3 Å². The maximum atomic E-state index is 13.5. The number of hydrogen-bond acceptors (Lipinski definition) is 5. The molecule has 1 heterocycles. The van der Waals surface area contributed by atoms with E-state index in [9.17, 15) is 22.8 Å². The summed E-state index contributed by atoms with van der Waals surface area (Å²) in [4.78, 5) is 29.4. The van der Waals surface area contributed by atoms with Gasteiger partial charge in [-0.15, -0.1) is 0 Å². The fraction of sp³-hybridized carbons (Fsp3) is 0.400. The molecule has 1 atom stereocenters. The van der Waals surface area contributed by atoms with Crippen molar-refractivity contribution < 1.29 is 27.5 Å². The van der Waals surface area contributed by atoms with Gasteiger partial charge in [0.25, 0.3) is 0 Å². The van der Waals surface area contributed by atoms with Gasteiger partial charge in [0.2, 0.25) is 11.8 Å². The van der Waals surface area contributed by atoms with Crippen LogP contribution in [0.4, 0.5) is 18.9 Å². The molecule has 1 saturated carbocycles. The molecule has 1 N–H and O–H groups in total. The molecule has 1 saturated heterocycles. The molecule has 0 spiro atoms. The van der Waals surface area contributed by atoms with Crippen molar-refractivity contribution in [1.82, 2.24) is 10.2 Å². The number of methoxy groups -OCH3 is 1. The highest BCUT2D eigenvalue weighted by molar-refractivity contribution is 5.90. The van der Waals surface area contributed by atoms with Crippen LogP contribution in [0.25, 0.3) is 0 Å². The van der Waals surface area contributed by atoms with Crippen LogP contribution >= 0.6 is 0 Å². The van der Waals surface area contributed by atoms with Crippen molar-refractivity contribution in [3.8, 4) is 11.8 Å². The molecular formula is C25H25F3N4O3. The zero-order valence-electron chi connectivity index (χ0n) is 19.1. The number of carbonyl (C=O) groups excluding carboxylic acids is 2. The van der Waals surface area contributed by atoms with Crippen molar-refractivity contribution in [2.24, 2.45) is 0 Å². The lowest BCUT2D eigenvalue weighted by Crippen LogP contribution is -2.61. The van der Waals surface area contributed by atoms with Crippen molar-refractivity contribution in [3.05, 3.63) is 59.2 Å². The molecule has 35 heavy (non-hydrogen) atoms. The van der Waals surface area contributed by atoms with Crippen molar-refractivity contribution >= 4 is 17.5 Å². The predicted molar refractivity (Wildman–Crippen MR) is 122 cm³/mol. The largest absolute Gasteiger partial charge is 0.497 e. The molecule has 0 bridgehead atoms. The Kier molecular flexibility index (Phi) is 6.87. The molecule has 7 nitrogen and oxygen atoms in total. The first-order valence-electron chi connectivity index (χ1n) is 11.3. The normalized spacial score (nSPS) is 18.1. The number of alkyl halides is 3. The Labute approximate surface area is 201 Å². The van der Waals surface area contributed by atoms with Gasteiger partial charge in [0.05, 0.1) is 30.7 Å². The lowest BCUT2D eigenvalue weighted by atomic mass is 10.0. The number of ether oxygens (including phenoxy) is 1. The number of carbonyl (C=O) groups is 2. The number of rotatable bonds is 6. The second kappa shape index (κ2) is 9.86. The molecular weight excluding hydrogens is 461 g/mol. The summed E-state index contributed by atoms with van der Waals surface area (Å²) in [6.45, 7) is 0.486. The summed E-state index contributed by atoms with van der Waals surface area (Å²) in [5.41, 5.74) is -0.462. The monoisotopic (exact) mass is 486 g/mol. The van der Waals surface area contributed by atoms with Crippen LogP contribution in [0.2, 0.25) is 0 Å². The molecule has 2 aliphatic rings. The zero-order chi connectivity index (χ0) is 25.2. The highest BCUT2D eigenvalue weighted by atomic mass is 19.4. The van der Waals surface area contributed by atoms with E-state index in [2.05, 4.69) is 5.32 Å². The van der Waals surface area contributed by atoms with Gasteiger partial charge in [-0.1, -0.05) is 12.1 Å². The molecule has 184 valence electrons. The number of amides is 2. The standard InChI is InChI=1S/C25H25F3N4O3/c1-35-20-8-2-16(3-9-20)12-23(33)32-11-10-31(15-22(32)24(34)30-18-5-6-18)19-7-4-17(14-29)21(13-19)25(26,27)28/h2-4,7-9,13,18,22H,5-6,10-12,15H2,1H3,(H,30,34). The molecule has 1 unspecified atom stereocenters. The van der Waals surface area contributed by atoms with Crippen LogP contribution in [-0.4, -0.2) is 55.5 Å². The van der Waals surface area contributed by atoms with Crippen LogP contribution in [-0.2, 0) is 22.2 Å². The van der Waals surface area contributed by atoms with E-state index in [-0.39, 0.29) is 49.6 Å². The third kappa shape index (κ3) is 5.67. The van der Waals surface area contributed by atoms with Gasteiger partial charge in [-0.2, -0.15) is 18.4 Å². The summed E-state index contributed by atoms with van der Waals surface area (Å²) in [6, 6.07) is 11.4. The number of anilines is 1. The molecule has 0 radical (unpaired) electrons. The third-order valence-corrected chi connectivity index (χ3v) is 6.24. The van der Waals surface area contributed by atoms with Gasteiger partial charge in [-0.25, -0.2) is 0 Å². The molecule has 1 aliphatic carbocycles. The lowest BCUT2D eigenvalue weighted by Gasteiger charge is -2.42.